The lowest BCUT2D eigenvalue weighted by Gasteiger charge is -2.34. The molecule has 5 heteroatoms. The van der Waals surface area contributed by atoms with Crippen LogP contribution in [0.5, 0.6) is 5.75 Å². The van der Waals surface area contributed by atoms with E-state index in [1.54, 1.807) is 7.11 Å². The minimum atomic E-state index is 0.0668. The molecule has 2 rings (SSSR count). The van der Waals surface area contributed by atoms with Crippen molar-refractivity contribution in [1.29, 1.82) is 0 Å². The molecule has 0 aromatic heterocycles. The number of rotatable bonds is 6. The maximum absolute atomic E-state index is 11.7. The van der Waals surface area contributed by atoms with Crippen molar-refractivity contribution < 1.29 is 14.3 Å². The topological polar surface area (TPSA) is 42.0 Å². The zero-order chi connectivity index (χ0) is 15.8. The van der Waals surface area contributed by atoms with Crippen LogP contribution in [-0.2, 0) is 16.1 Å². The molecule has 1 aromatic rings. The van der Waals surface area contributed by atoms with E-state index in [9.17, 15) is 4.79 Å². The number of hydrogen-bond donors (Lipinski definition) is 0. The van der Waals surface area contributed by atoms with Gasteiger partial charge in [0.25, 0.3) is 0 Å². The fourth-order valence-electron chi connectivity index (χ4n) is 2.44. The van der Waals surface area contributed by atoms with Crippen LogP contribution >= 0.6 is 0 Å². The van der Waals surface area contributed by atoms with Gasteiger partial charge in [0.15, 0.2) is 0 Å². The first-order valence-electron chi connectivity index (χ1n) is 7.37. The van der Waals surface area contributed by atoms with E-state index in [2.05, 4.69) is 10.8 Å². The molecule has 0 saturated carbocycles. The Labute approximate surface area is 131 Å². The Morgan fingerprint density at radius 3 is 2.50 bits per heavy atom. The summed E-state index contributed by atoms with van der Waals surface area (Å²) in [6, 6.07) is 7.97. The van der Waals surface area contributed by atoms with Gasteiger partial charge in [-0.25, -0.2) is 0 Å². The molecular formula is C17H22N2O3. The molecule has 0 bridgehead atoms. The molecule has 118 valence electrons. The molecule has 0 spiro atoms. The molecule has 1 aliphatic rings. The van der Waals surface area contributed by atoms with Crippen molar-refractivity contribution in [3.05, 3.63) is 29.8 Å². The zero-order valence-corrected chi connectivity index (χ0v) is 13.0. The Balaban J connectivity index is 1.78. The Morgan fingerprint density at radius 1 is 1.23 bits per heavy atom. The minimum Gasteiger partial charge on any atom is -0.481 e. The number of benzene rings is 1. The van der Waals surface area contributed by atoms with Crippen LogP contribution in [0.2, 0.25) is 0 Å². The Kier molecular flexibility index (Phi) is 6.26. The van der Waals surface area contributed by atoms with Gasteiger partial charge >= 0.3 is 0 Å². The van der Waals surface area contributed by atoms with Crippen molar-refractivity contribution in [2.75, 3.05) is 46.5 Å². The number of nitrogens with zero attached hydrogens (tertiary/aromatic N) is 2. The van der Waals surface area contributed by atoms with E-state index < -0.39 is 0 Å². The van der Waals surface area contributed by atoms with E-state index in [-0.39, 0.29) is 19.1 Å². The molecule has 1 aromatic carbocycles. The summed E-state index contributed by atoms with van der Waals surface area (Å²) in [5.41, 5.74) is 1.23. The third-order valence-electron chi connectivity index (χ3n) is 3.64. The monoisotopic (exact) mass is 302 g/mol. The Morgan fingerprint density at radius 2 is 1.91 bits per heavy atom. The molecular weight excluding hydrogens is 280 g/mol. The molecule has 0 N–H and O–H groups in total. The third-order valence-corrected chi connectivity index (χ3v) is 3.64. The SMILES string of the molecule is C#CCOc1ccc(CN2CCN(C(=O)COC)CC2)cc1. The Bertz CT molecular complexity index is 514. The van der Waals surface area contributed by atoms with Crippen LogP contribution in [0.15, 0.2) is 24.3 Å². The number of piperazine rings is 1. The predicted octanol–water partition coefficient (Wildman–Crippen LogP) is 0.989. The average Bonchev–Trinajstić information content (AvgIpc) is 2.55. The summed E-state index contributed by atoms with van der Waals surface area (Å²) in [6.45, 7) is 4.60. The van der Waals surface area contributed by atoms with Crippen molar-refractivity contribution in [2.24, 2.45) is 0 Å². The van der Waals surface area contributed by atoms with Crippen LogP contribution < -0.4 is 4.74 Å². The highest BCUT2D eigenvalue weighted by molar-refractivity contribution is 5.77. The quantitative estimate of drug-likeness (QED) is 0.735. The van der Waals surface area contributed by atoms with E-state index in [1.165, 1.54) is 5.56 Å². The average molecular weight is 302 g/mol. The molecule has 0 aliphatic carbocycles. The highest BCUT2D eigenvalue weighted by atomic mass is 16.5. The molecule has 5 nitrogen and oxygen atoms in total. The highest BCUT2D eigenvalue weighted by Crippen LogP contribution is 2.14. The van der Waals surface area contributed by atoms with Gasteiger partial charge < -0.3 is 14.4 Å². The van der Waals surface area contributed by atoms with Crippen molar-refractivity contribution in [1.82, 2.24) is 9.80 Å². The molecule has 1 heterocycles. The molecule has 0 atom stereocenters. The van der Waals surface area contributed by atoms with Crippen LogP contribution in [0.1, 0.15) is 5.56 Å². The van der Waals surface area contributed by atoms with Gasteiger partial charge in [-0.1, -0.05) is 18.1 Å². The van der Waals surface area contributed by atoms with Gasteiger partial charge in [0, 0.05) is 39.8 Å². The van der Waals surface area contributed by atoms with Gasteiger partial charge in [-0.15, -0.1) is 6.42 Å². The predicted molar refractivity (Wildman–Crippen MR) is 84.5 cm³/mol. The Hall–Kier alpha value is -2.03. The summed E-state index contributed by atoms with van der Waals surface area (Å²) in [5, 5.41) is 0. The van der Waals surface area contributed by atoms with Gasteiger partial charge in [-0.05, 0) is 17.7 Å². The van der Waals surface area contributed by atoms with E-state index >= 15 is 0 Å². The summed E-state index contributed by atoms with van der Waals surface area (Å²) in [7, 11) is 1.55. The lowest BCUT2D eigenvalue weighted by molar-refractivity contribution is -0.136. The van der Waals surface area contributed by atoms with E-state index in [1.807, 2.05) is 29.2 Å². The number of methoxy groups -OCH3 is 1. The first-order valence-corrected chi connectivity index (χ1v) is 7.37. The summed E-state index contributed by atoms with van der Waals surface area (Å²) in [5.74, 6) is 3.30. The lowest BCUT2D eigenvalue weighted by Crippen LogP contribution is -2.49. The molecule has 0 radical (unpaired) electrons. The van der Waals surface area contributed by atoms with Gasteiger partial charge in [0.1, 0.15) is 19.0 Å². The maximum atomic E-state index is 11.7. The van der Waals surface area contributed by atoms with Crippen molar-refractivity contribution >= 4 is 5.91 Å². The van der Waals surface area contributed by atoms with Crippen LogP contribution in [0.4, 0.5) is 0 Å². The van der Waals surface area contributed by atoms with Crippen LogP contribution in [0.3, 0.4) is 0 Å². The normalized spacial score (nSPS) is 15.4. The van der Waals surface area contributed by atoms with E-state index in [4.69, 9.17) is 15.9 Å². The molecule has 22 heavy (non-hydrogen) atoms. The van der Waals surface area contributed by atoms with Crippen LogP contribution in [0.25, 0.3) is 0 Å². The van der Waals surface area contributed by atoms with Crippen molar-refractivity contribution in [3.63, 3.8) is 0 Å². The number of amides is 1. The molecule has 0 unspecified atom stereocenters. The summed E-state index contributed by atoms with van der Waals surface area (Å²) in [6.07, 6.45) is 5.16. The van der Waals surface area contributed by atoms with Crippen LogP contribution in [0, 0.1) is 12.3 Å². The van der Waals surface area contributed by atoms with Gasteiger partial charge in [0.2, 0.25) is 5.91 Å². The van der Waals surface area contributed by atoms with Crippen LogP contribution in [-0.4, -0.2) is 62.2 Å². The fourth-order valence-corrected chi connectivity index (χ4v) is 2.44. The molecule has 1 aliphatic heterocycles. The zero-order valence-electron chi connectivity index (χ0n) is 13.0. The first-order chi connectivity index (χ1) is 10.7. The maximum Gasteiger partial charge on any atom is 0.248 e. The minimum absolute atomic E-state index is 0.0668. The number of ether oxygens (including phenoxy) is 2. The van der Waals surface area contributed by atoms with E-state index in [0.29, 0.717) is 0 Å². The summed E-state index contributed by atoms with van der Waals surface area (Å²) in [4.78, 5) is 15.9. The second kappa shape index (κ2) is 8.42. The highest BCUT2D eigenvalue weighted by Gasteiger charge is 2.20. The van der Waals surface area contributed by atoms with Gasteiger partial charge in [-0.2, -0.15) is 0 Å². The standard InChI is InChI=1S/C17H22N2O3/c1-3-12-22-16-6-4-15(5-7-16)13-18-8-10-19(11-9-18)17(20)14-21-2/h1,4-7H,8-14H2,2H3. The molecule has 1 amide bonds. The molecule has 1 saturated heterocycles. The summed E-state index contributed by atoms with van der Waals surface area (Å²) < 4.78 is 10.2. The lowest BCUT2D eigenvalue weighted by atomic mass is 10.2. The largest absolute Gasteiger partial charge is 0.481 e. The summed E-state index contributed by atoms with van der Waals surface area (Å²) >= 11 is 0. The number of hydrogen-bond acceptors (Lipinski definition) is 4. The van der Waals surface area contributed by atoms with Gasteiger partial charge in [-0.3, -0.25) is 9.69 Å². The number of carbonyl (C=O) groups excluding carboxylic acids is 1. The second-order valence-corrected chi connectivity index (χ2v) is 5.23. The van der Waals surface area contributed by atoms with E-state index in [0.717, 1.165) is 38.5 Å². The van der Waals surface area contributed by atoms with Crippen molar-refractivity contribution in [3.8, 4) is 18.1 Å². The van der Waals surface area contributed by atoms with Gasteiger partial charge in [0.05, 0.1) is 0 Å². The number of terminal acetylenes is 1. The van der Waals surface area contributed by atoms with Crippen molar-refractivity contribution in [2.45, 2.75) is 6.54 Å². The third kappa shape index (κ3) is 4.76. The number of carbonyl (C=O) groups is 1. The smallest absolute Gasteiger partial charge is 0.248 e. The second-order valence-electron chi connectivity index (χ2n) is 5.23. The first kappa shape index (κ1) is 16.3. The molecule has 1 fully saturated rings. The fraction of sp³-hybridized carbons (Fsp3) is 0.471.